The van der Waals surface area contributed by atoms with Crippen molar-refractivity contribution in [2.75, 3.05) is 5.88 Å². The summed E-state index contributed by atoms with van der Waals surface area (Å²) in [7, 11) is 0. The van der Waals surface area contributed by atoms with Gasteiger partial charge in [0, 0.05) is 18.7 Å². The average Bonchev–Trinajstić information content (AvgIpc) is 3.17. The van der Waals surface area contributed by atoms with Crippen LogP contribution in [-0.2, 0) is 4.79 Å². The second kappa shape index (κ2) is 6.14. The molecule has 0 fully saturated rings. The Kier molecular flexibility index (Phi) is 4.06. The molecule has 0 saturated carbocycles. The Bertz CT molecular complexity index is 638. The summed E-state index contributed by atoms with van der Waals surface area (Å²) in [6.07, 6.45) is 2.53. The minimum Gasteiger partial charge on any atom is -0.463 e. The topological polar surface area (TPSA) is 45.8 Å². The number of benzene rings is 1. The van der Waals surface area contributed by atoms with Crippen molar-refractivity contribution in [3.05, 3.63) is 60.1 Å². The van der Waals surface area contributed by atoms with Gasteiger partial charge in [0.15, 0.2) is 0 Å². The van der Waals surface area contributed by atoms with Crippen molar-refractivity contribution in [2.45, 2.75) is 18.9 Å². The highest BCUT2D eigenvalue weighted by atomic mass is 35.5. The van der Waals surface area contributed by atoms with E-state index in [-0.39, 0.29) is 18.4 Å². The summed E-state index contributed by atoms with van der Waals surface area (Å²) in [5, 5.41) is 5.99. The van der Waals surface area contributed by atoms with Crippen molar-refractivity contribution in [1.82, 2.24) is 5.01 Å². The number of hydrogen-bond donors (Lipinski definition) is 0. The fourth-order valence-electron chi connectivity index (χ4n) is 2.46. The van der Waals surface area contributed by atoms with Gasteiger partial charge in [0.1, 0.15) is 11.5 Å². The Labute approximate surface area is 128 Å². The minimum absolute atomic E-state index is 0.0691. The zero-order valence-electron chi connectivity index (χ0n) is 11.4. The van der Waals surface area contributed by atoms with Crippen LogP contribution in [0.25, 0.3) is 0 Å². The van der Waals surface area contributed by atoms with Gasteiger partial charge in [-0.15, -0.1) is 11.6 Å². The molecule has 0 unspecified atom stereocenters. The molecule has 1 aliphatic heterocycles. The molecule has 21 heavy (non-hydrogen) atoms. The Morgan fingerprint density at radius 1 is 1.29 bits per heavy atom. The largest absolute Gasteiger partial charge is 0.463 e. The van der Waals surface area contributed by atoms with Crippen molar-refractivity contribution in [2.24, 2.45) is 5.10 Å². The standard InChI is InChI=1S/C16H15ClN2O2/c17-9-8-16(20)19-14(12-5-2-1-3-6-12)11-13(18-19)15-7-4-10-21-15/h1-7,10,14H,8-9,11H2/t14-/m0/s1. The second-order valence-corrected chi connectivity index (χ2v) is 5.21. The minimum atomic E-state index is -0.0954. The van der Waals surface area contributed by atoms with E-state index < -0.39 is 0 Å². The van der Waals surface area contributed by atoms with Crippen LogP contribution in [0, 0.1) is 0 Å². The monoisotopic (exact) mass is 302 g/mol. The first-order chi connectivity index (χ1) is 10.3. The van der Waals surface area contributed by atoms with Gasteiger partial charge in [-0.25, -0.2) is 5.01 Å². The van der Waals surface area contributed by atoms with Crippen LogP contribution < -0.4 is 0 Å². The van der Waals surface area contributed by atoms with Gasteiger partial charge in [0.25, 0.3) is 0 Å². The molecular formula is C16H15ClN2O2. The Hall–Kier alpha value is -2.07. The first kappa shape index (κ1) is 13.9. The van der Waals surface area contributed by atoms with Crippen molar-refractivity contribution >= 4 is 23.2 Å². The lowest BCUT2D eigenvalue weighted by Crippen LogP contribution is -2.27. The van der Waals surface area contributed by atoms with Crippen LogP contribution >= 0.6 is 11.6 Å². The van der Waals surface area contributed by atoms with Crippen molar-refractivity contribution < 1.29 is 9.21 Å². The summed E-state index contributed by atoms with van der Waals surface area (Å²) in [4.78, 5) is 12.2. The molecule has 1 aromatic heterocycles. The van der Waals surface area contributed by atoms with Crippen LogP contribution in [0.4, 0.5) is 0 Å². The molecule has 5 heteroatoms. The number of carbonyl (C=O) groups is 1. The molecular weight excluding hydrogens is 288 g/mol. The quantitative estimate of drug-likeness (QED) is 0.810. The van der Waals surface area contributed by atoms with Crippen LogP contribution in [0.2, 0.25) is 0 Å². The molecule has 0 spiro atoms. The number of amides is 1. The van der Waals surface area contributed by atoms with E-state index in [4.69, 9.17) is 16.0 Å². The van der Waals surface area contributed by atoms with E-state index in [0.717, 1.165) is 11.3 Å². The van der Waals surface area contributed by atoms with E-state index in [1.165, 1.54) is 5.01 Å². The molecule has 1 amide bonds. The number of halogens is 1. The van der Waals surface area contributed by atoms with Crippen LogP contribution in [0.15, 0.2) is 58.2 Å². The molecule has 0 aliphatic carbocycles. The summed E-state index contributed by atoms with van der Waals surface area (Å²) in [6.45, 7) is 0. The first-order valence-corrected chi connectivity index (χ1v) is 7.37. The van der Waals surface area contributed by atoms with Crippen LogP contribution in [-0.4, -0.2) is 22.5 Å². The lowest BCUT2D eigenvalue weighted by molar-refractivity contribution is -0.132. The molecule has 2 heterocycles. The average molecular weight is 303 g/mol. The molecule has 0 bridgehead atoms. The predicted octanol–water partition coefficient (Wildman–Crippen LogP) is 3.59. The summed E-state index contributed by atoms with van der Waals surface area (Å²) < 4.78 is 5.39. The zero-order valence-corrected chi connectivity index (χ0v) is 12.2. The molecule has 108 valence electrons. The molecule has 3 rings (SSSR count). The van der Waals surface area contributed by atoms with Gasteiger partial charge in [0.2, 0.25) is 5.91 Å². The number of hydrogen-bond acceptors (Lipinski definition) is 3. The molecule has 1 aliphatic rings. The number of nitrogens with zero attached hydrogens (tertiary/aromatic N) is 2. The first-order valence-electron chi connectivity index (χ1n) is 6.84. The number of furan rings is 1. The zero-order chi connectivity index (χ0) is 14.7. The van der Waals surface area contributed by atoms with Gasteiger partial charge in [-0.3, -0.25) is 4.79 Å². The molecule has 0 N–H and O–H groups in total. The third-order valence-electron chi connectivity index (χ3n) is 3.46. The van der Waals surface area contributed by atoms with Gasteiger partial charge in [-0.05, 0) is 17.7 Å². The summed E-state index contributed by atoms with van der Waals surface area (Å²) in [5.41, 5.74) is 1.85. The van der Waals surface area contributed by atoms with Crippen molar-refractivity contribution in [1.29, 1.82) is 0 Å². The van der Waals surface area contributed by atoms with Gasteiger partial charge < -0.3 is 4.42 Å². The normalized spacial score (nSPS) is 17.9. The highest BCUT2D eigenvalue weighted by Crippen LogP contribution is 2.33. The maximum absolute atomic E-state index is 12.2. The van der Waals surface area contributed by atoms with E-state index in [0.29, 0.717) is 18.1 Å². The van der Waals surface area contributed by atoms with Gasteiger partial charge in [-0.1, -0.05) is 30.3 Å². The molecule has 2 aromatic rings. The van der Waals surface area contributed by atoms with Gasteiger partial charge in [-0.2, -0.15) is 5.10 Å². The highest BCUT2D eigenvalue weighted by Gasteiger charge is 2.33. The smallest absolute Gasteiger partial charge is 0.244 e. The van der Waals surface area contributed by atoms with Gasteiger partial charge in [0.05, 0.1) is 12.3 Å². The Balaban J connectivity index is 1.91. The third-order valence-corrected chi connectivity index (χ3v) is 3.65. The maximum Gasteiger partial charge on any atom is 0.244 e. The summed E-state index contributed by atoms with van der Waals surface area (Å²) in [6, 6.07) is 13.5. The SMILES string of the molecule is O=C(CCCl)N1N=C(c2ccco2)C[C@H]1c1ccccc1. The number of rotatable bonds is 4. The highest BCUT2D eigenvalue weighted by molar-refractivity contribution is 6.19. The van der Waals surface area contributed by atoms with Crippen LogP contribution in [0.3, 0.4) is 0 Å². The lowest BCUT2D eigenvalue weighted by Gasteiger charge is -2.21. The Morgan fingerprint density at radius 2 is 2.10 bits per heavy atom. The van der Waals surface area contributed by atoms with Crippen molar-refractivity contribution in [3.8, 4) is 0 Å². The molecule has 4 nitrogen and oxygen atoms in total. The fourth-order valence-corrected chi connectivity index (χ4v) is 2.62. The fraction of sp³-hybridized carbons (Fsp3) is 0.250. The molecule has 0 radical (unpaired) electrons. The third kappa shape index (κ3) is 2.85. The van der Waals surface area contributed by atoms with E-state index in [1.54, 1.807) is 6.26 Å². The van der Waals surface area contributed by atoms with E-state index in [2.05, 4.69) is 5.10 Å². The van der Waals surface area contributed by atoms with Crippen LogP contribution in [0.1, 0.15) is 30.2 Å². The molecule has 0 saturated heterocycles. The number of hydrazone groups is 1. The number of carbonyl (C=O) groups excluding carboxylic acids is 1. The maximum atomic E-state index is 12.2. The molecule has 1 aromatic carbocycles. The summed E-state index contributed by atoms with van der Waals surface area (Å²) >= 11 is 5.69. The number of alkyl halides is 1. The van der Waals surface area contributed by atoms with Gasteiger partial charge >= 0.3 is 0 Å². The molecule has 1 atom stereocenters. The predicted molar refractivity (Wildman–Crippen MR) is 81.2 cm³/mol. The van der Waals surface area contributed by atoms with Crippen LogP contribution in [0.5, 0.6) is 0 Å². The second-order valence-electron chi connectivity index (χ2n) is 4.83. The Morgan fingerprint density at radius 3 is 2.76 bits per heavy atom. The lowest BCUT2D eigenvalue weighted by atomic mass is 10.0. The van der Waals surface area contributed by atoms with E-state index in [1.807, 2.05) is 42.5 Å². The van der Waals surface area contributed by atoms with E-state index in [9.17, 15) is 4.79 Å². The van der Waals surface area contributed by atoms with E-state index >= 15 is 0 Å². The van der Waals surface area contributed by atoms with Crippen molar-refractivity contribution in [3.63, 3.8) is 0 Å². The summed E-state index contributed by atoms with van der Waals surface area (Å²) in [5.74, 6) is 0.931.